The number of para-hydroxylation sites is 1. The zero-order valence-corrected chi connectivity index (χ0v) is 17.0. The first kappa shape index (κ1) is 21.0. The van der Waals surface area contributed by atoms with E-state index in [2.05, 4.69) is 10.6 Å². The molecule has 0 bridgehead atoms. The number of fused-ring (bicyclic) bond motifs is 1. The zero-order chi connectivity index (χ0) is 21.5. The summed E-state index contributed by atoms with van der Waals surface area (Å²) in [5, 5.41) is 7.39. The van der Waals surface area contributed by atoms with Crippen LogP contribution in [0.2, 0.25) is 0 Å². The van der Waals surface area contributed by atoms with E-state index < -0.39 is 18.5 Å². The summed E-state index contributed by atoms with van der Waals surface area (Å²) in [5.41, 5.74) is 1.09. The van der Waals surface area contributed by atoms with Crippen molar-refractivity contribution in [3.05, 3.63) is 77.9 Å². The standard InChI is InChI=1S/C24H24N2O4/c1-16(2)14-25-23(28)20-9-5-6-10-21(20)26-22(27)15-30-24(29)19-12-11-17-7-3-4-8-18(17)13-19/h3-13,16H,14-15H2,1-2H3,(H,25,28)(H,26,27). The molecule has 0 aromatic heterocycles. The molecule has 6 heteroatoms. The molecule has 30 heavy (non-hydrogen) atoms. The number of hydrogen-bond donors (Lipinski definition) is 2. The largest absolute Gasteiger partial charge is 0.452 e. The van der Waals surface area contributed by atoms with E-state index in [4.69, 9.17) is 4.74 Å². The lowest BCUT2D eigenvalue weighted by molar-refractivity contribution is -0.119. The third kappa shape index (κ3) is 5.44. The highest BCUT2D eigenvalue weighted by Gasteiger charge is 2.15. The van der Waals surface area contributed by atoms with Crippen molar-refractivity contribution in [1.82, 2.24) is 5.32 Å². The second-order valence-corrected chi connectivity index (χ2v) is 7.34. The SMILES string of the molecule is CC(C)CNC(=O)c1ccccc1NC(=O)COC(=O)c1ccc2ccccc2c1. The molecule has 0 fully saturated rings. The Morgan fingerprint density at radius 2 is 1.60 bits per heavy atom. The maximum absolute atomic E-state index is 12.4. The Kier molecular flexibility index (Phi) is 6.80. The van der Waals surface area contributed by atoms with Gasteiger partial charge in [0.15, 0.2) is 6.61 Å². The fourth-order valence-electron chi connectivity index (χ4n) is 2.90. The Balaban J connectivity index is 1.60. The van der Waals surface area contributed by atoms with Crippen LogP contribution in [0, 0.1) is 5.92 Å². The molecule has 0 aliphatic heterocycles. The topological polar surface area (TPSA) is 84.5 Å². The van der Waals surface area contributed by atoms with E-state index in [1.165, 1.54) is 0 Å². The molecule has 154 valence electrons. The van der Waals surface area contributed by atoms with Crippen molar-refractivity contribution in [2.24, 2.45) is 5.92 Å². The van der Waals surface area contributed by atoms with Gasteiger partial charge in [-0.05, 0) is 41.0 Å². The van der Waals surface area contributed by atoms with Gasteiger partial charge in [-0.1, -0.05) is 56.3 Å². The van der Waals surface area contributed by atoms with Crippen LogP contribution >= 0.6 is 0 Å². The Morgan fingerprint density at radius 1 is 0.900 bits per heavy atom. The molecule has 3 aromatic rings. The first-order chi connectivity index (χ1) is 14.4. The fraction of sp³-hybridized carbons (Fsp3) is 0.208. The number of nitrogens with one attached hydrogen (secondary N) is 2. The van der Waals surface area contributed by atoms with Crippen LogP contribution in [-0.2, 0) is 9.53 Å². The Morgan fingerprint density at radius 3 is 2.37 bits per heavy atom. The monoisotopic (exact) mass is 404 g/mol. The Bertz CT molecular complexity index is 1080. The minimum atomic E-state index is -0.584. The Labute approximate surface area is 175 Å². The molecule has 0 saturated heterocycles. The smallest absolute Gasteiger partial charge is 0.338 e. The van der Waals surface area contributed by atoms with Crippen molar-refractivity contribution < 1.29 is 19.1 Å². The highest BCUT2D eigenvalue weighted by molar-refractivity contribution is 6.04. The van der Waals surface area contributed by atoms with Crippen LogP contribution in [0.3, 0.4) is 0 Å². The summed E-state index contributed by atoms with van der Waals surface area (Å²) in [6.45, 7) is 4.08. The molecule has 0 heterocycles. The number of hydrogen-bond acceptors (Lipinski definition) is 4. The quantitative estimate of drug-likeness (QED) is 0.583. The van der Waals surface area contributed by atoms with Crippen LogP contribution in [-0.4, -0.2) is 30.9 Å². The van der Waals surface area contributed by atoms with Crippen LogP contribution in [0.15, 0.2) is 66.7 Å². The number of carbonyl (C=O) groups is 3. The van der Waals surface area contributed by atoms with E-state index in [0.29, 0.717) is 29.3 Å². The van der Waals surface area contributed by atoms with Gasteiger partial charge < -0.3 is 15.4 Å². The lowest BCUT2D eigenvalue weighted by Gasteiger charge is -2.12. The molecule has 0 atom stereocenters. The predicted octanol–water partition coefficient (Wildman–Crippen LogP) is 4.02. The molecule has 0 radical (unpaired) electrons. The third-order valence-corrected chi connectivity index (χ3v) is 4.44. The van der Waals surface area contributed by atoms with Crippen molar-refractivity contribution in [2.45, 2.75) is 13.8 Å². The van der Waals surface area contributed by atoms with Gasteiger partial charge >= 0.3 is 5.97 Å². The number of anilines is 1. The van der Waals surface area contributed by atoms with E-state index in [1.54, 1.807) is 36.4 Å². The maximum atomic E-state index is 12.4. The minimum Gasteiger partial charge on any atom is -0.452 e. The molecule has 3 rings (SSSR count). The lowest BCUT2D eigenvalue weighted by Crippen LogP contribution is -2.29. The van der Waals surface area contributed by atoms with E-state index in [0.717, 1.165) is 10.8 Å². The van der Waals surface area contributed by atoms with Gasteiger partial charge in [-0.2, -0.15) is 0 Å². The molecule has 2 N–H and O–H groups in total. The first-order valence-electron chi connectivity index (χ1n) is 9.77. The predicted molar refractivity (Wildman–Crippen MR) is 116 cm³/mol. The summed E-state index contributed by atoms with van der Waals surface area (Å²) in [5.74, 6) is -1.06. The fourth-order valence-corrected chi connectivity index (χ4v) is 2.90. The van der Waals surface area contributed by atoms with E-state index in [9.17, 15) is 14.4 Å². The van der Waals surface area contributed by atoms with Crippen LogP contribution in [0.25, 0.3) is 10.8 Å². The summed E-state index contributed by atoms with van der Waals surface area (Å²) in [7, 11) is 0. The van der Waals surface area contributed by atoms with E-state index >= 15 is 0 Å². The number of benzene rings is 3. The number of ether oxygens (including phenoxy) is 1. The van der Waals surface area contributed by atoms with Gasteiger partial charge in [0, 0.05) is 6.54 Å². The maximum Gasteiger partial charge on any atom is 0.338 e. The van der Waals surface area contributed by atoms with Crippen LogP contribution in [0.1, 0.15) is 34.6 Å². The number of esters is 1. The van der Waals surface area contributed by atoms with Crippen molar-refractivity contribution in [3.8, 4) is 0 Å². The number of carbonyl (C=O) groups excluding carboxylic acids is 3. The second-order valence-electron chi connectivity index (χ2n) is 7.34. The Hall–Kier alpha value is -3.67. The molecule has 0 aliphatic rings. The average Bonchev–Trinajstić information content (AvgIpc) is 2.75. The highest BCUT2D eigenvalue weighted by atomic mass is 16.5. The average molecular weight is 404 g/mol. The molecule has 2 amide bonds. The summed E-state index contributed by atoms with van der Waals surface area (Å²) < 4.78 is 5.14. The summed E-state index contributed by atoms with van der Waals surface area (Å²) in [6, 6.07) is 19.6. The van der Waals surface area contributed by atoms with E-state index in [-0.39, 0.29) is 5.91 Å². The normalized spacial score (nSPS) is 10.6. The van der Waals surface area contributed by atoms with Gasteiger partial charge in [-0.3, -0.25) is 9.59 Å². The van der Waals surface area contributed by atoms with Crippen molar-refractivity contribution >= 4 is 34.2 Å². The van der Waals surface area contributed by atoms with Gasteiger partial charge in [0.25, 0.3) is 11.8 Å². The summed E-state index contributed by atoms with van der Waals surface area (Å²) >= 11 is 0. The molecule has 0 spiro atoms. The van der Waals surface area contributed by atoms with Gasteiger partial charge in [-0.25, -0.2) is 4.79 Å². The van der Waals surface area contributed by atoms with Crippen molar-refractivity contribution in [2.75, 3.05) is 18.5 Å². The molecular formula is C24H24N2O4. The minimum absolute atomic E-state index is 0.271. The van der Waals surface area contributed by atoms with Gasteiger partial charge in [0.2, 0.25) is 0 Å². The number of rotatable bonds is 7. The first-order valence-corrected chi connectivity index (χ1v) is 9.77. The molecule has 0 saturated carbocycles. The molecule has 0 unspecified atom stereocenters. The summed E-state index contributed by atoms with van der Waals surface area (Å²) in [4.78, 5) is 36.9. The van der Waals surface area contributed by atoms with Crippen LogP contribution in [0.4, 0.5) is 5.69 Å². The zero-order valence-electron chi connectivity index (χ0n) is 17.0. The molecule has 0 aliphatic carbocycles. The van der Waals surface area contributed by atoms with E-state index in [1.807, 2.05) is 44.2 Å². The third-order valence-electron chi connectivity index (χ3n) is 4.44. The van der Waals surface area contributed by atoms with Gasteiger partial charge in [-0.15, -0.1) is 0 Å². The van der Waals surface area contributed by atoms with Crippen LogP contribution in [0.5, 0.6) is 0 Å². The van der Waals surface area contributed by atoms with Crippen molar-refractivity contribution in [1.29, 1.82) is 0 Å². The molecular weight excluding hydrogens is 380 g/mol. The number of amides is 2. The lowest BCUT2D eigenvalue weighted by atomic mass is 10.1. The van der Waals surface area contributed by atoms with Gasteiger partial charge in [0.1, 0.15) is 0 Å². The highest BCUT2D eigenvalue weighted by Crippen LogP contribution is 2.17. The van der Waals surface area contributed by atoms with Crippen LogP contribution < -0.4 is 10.6 Å². The van der Waals surface area contributed by atoms with Gasteiger partial charge in [0.05, 0.1) is 16.8 Å². The molecule has 3 aromatic carbocycles. The second kappa shape index (κ2) is 9.69. The molecule has 6 nitrogen and oxygen atoms in total. The summed E-state index contributed by atoms with van der Waals surface area (Å²) in [6.07, 6.45) is 0. The van der Waals surface area contributed by atoms with Crippen molar-refractivity contribution in [3.63, 3.8) is 0 Å².